The fourth-order valence-electron chi connectivity index (χ4n) is 6.78. The number of carbonyl (C=O) groups excluding carboxylic acids is 2. The lowest BCUT2D eigenvalue weighted by Gasteiger charge is -2.35. The molecule has 49 heavy (non-hydrogen) atoms. The number of hydrazine groups is 1. The fourth-order valence-corrected chi connectivity index (χ4v) is 6.78. The number of amides is 2. The van der Waals surface area contributed by atoms with E-state index in [0.717, 1.165) is 23.1 Å². The summed E-state index contributed by atoms with van der Waals surface area (Å²) >= 11 is 0. The highest BCUT2D eigenvalue weighted by Crippen LogP contribution is 2.37. The Morgan fingerprint density at radius 2 is 1.76 bits per heavy atom. The van der Waals surface area contributed by atoms with Gasteiger partial charge in [-0.25, -0.2) is 19.0 Å². The van der Waals surface area contributed by atoms with Crippen LogP contribution in [0, 0.1) is 11.7 Å². The number of hydrogen-bond acceptors (Lipinski definition) is 9. The number of pyridine rings is 1. The van der Waals surface area contributed by atoms with E-state index in [1.165, 1.54) is 6.07 Å². The van der Waals surface area contributed by atoms with Crippen molar-refractivity contribution in [3.8, 4) is 11.1 Å². The Labute approximate surface area is 286 Å². The molecule has 0 aliphatic carbocycles. The minimum absolute atomic E-state index is 0.0260. The van der Waals surface area contributed by atoms with Crippen LogP contribution in [-0.4, -0.2) is 82.7 Å². The number of fused-ring (bicyclic) bond motifs is 1. The van der Waals surface area contributed by atoms with Gasteiger partial charge in [0.1, 0.15) is 23.2 Å². The van der Waals surface area contributed by atoms with Crippen molar-refractivity contribution in [2.75, 3.05) is 19.8 Å². The second-order valence-electron chi connectivity index (χ2n) is 14.2. The van der Waals surface area contributed by atoms with Gasteiger partial charge in [0, 0.05) is 31.0 Å². The number of aromatic nitrogens is 1. The Kier molecular flexibility index (Phi) is 10.2. The van der Waals surface area contributed by atoms with Gasteiger partial charge in [0.05, 0.1) is 31.3 Å². The number of carbonyl (C=O) groups is 2. The first-order chi connectivity index (χ1) is 23.4. The predicted octanol–water partition coefficient (Wildman–Crippen LogP) is 6.08. The number of nitrogens with zero attached hydrogens (tertiary/aromatic N) is 3. The van der Waals surface area contributed by atoms with Crippen LogP contribution in [0.15, 0.2) is 73.1 Å². The minimum Gasteiger partial charge on any atom is -0.444 e. The van der Waals surface area contributed by atoms with E-state index in [2.05, 4.69) is 10.4 Å². The van der Waals surface area contributed by atoms with Gasteiger partial charge in [0.25, 0.3) is 0 Å². The number of halogens is 1. The van der Waals surface area contributed by atoms with Gasteiger partial charge in [-0.15, -0.1) is 0 Å². The molecule has 0 bridgehead atoms. The fraction of sp³-hybridized carbons (Fsp3) is 0.486. The summed E-state index contributed by atoms with van der Waals surface area (Å²) in [4.78, 5) is 32.9. The SMILES string of the molecule is CC(C)(C)OC(=O)N1[C@@H](Cc2ccc(-c3ccncc3)cc2)[C@H](CN(Cc2ccccc2F)NC(=O)O[C@H]2CO[C@H]3OCC[C@H]32)OC1(C)C. The van der Waals surface area contributed by atoms with E-state index in [-0.39, 0.29) is 31.9 Å². The number of hydrogen-bond donors (Lipinski definition) is 1. The number of ether oxygens (including phenoxy) is 5. The summed E-state index contributed by atoms with van der Waals surface area (Å²) in [6, 6.07) is 17.9. The first-order valence-electron chi connectivity index (χ1n) is 16.7. The Bertz CT molecular complexity index is 1600. The van der Waals surface area contributed by atoms with Gasteiger partial charge < -0.3 is 23.7 Å². The van der Waals surface area contributed by atoms with Crippen LogP contribution in [0.2, 0.25) is 0 Å². The van der Waals surface area contributed by atoms with Crippen LogP contribution < -0.4 is 5.43 Å². The molecule has 2 aromatic carbocycles. The smallest absolute Gasteiger partial charge is 0.422 e. The van der Waals surface area contributed by atoms with Crippen molar-refractivity contribution in [3.63, 3.8) is 0 Å². The van der Waals surface area contributed by atoms with Crippen LogP contribution in [0.5, 0.6) is 0 Å². The summed E-state index contributed by atoms with van der Waals surface area (Å²) in [5, 5.41) is 1.58. The molecule has 6 rings (SSSR count). The summed E-state index contributed by atoms with van der Waals surface area (Å²) in [6.07, 6.45) is 2.02. The molecule has 3 aliphatic rings. The van der Waals surface area contributed by atoms with Gasteiger partial charge >= 0.3 is 12.2 Å². The molecule has 0 saturated carbocycles. The molecule has 262 valence electrons. The second kappa shape index (κ2) is 14.4. The molecule has 0 unspecified atom stereocenters. The van der Waals surface area contributed by atoms with E-state index in [0.29, 0.717) is 18.6 Å². The molecule has 12 heteroatoms. The molecule has 11 nitrogen and oxygen atoms in total. The zero-order chi connectivity index (χ0) is 34.8. The molecule has 3 fully saturated rings. The summed E-state index contributed by atoms with van der Waals surface area (Å²) in [5.41, 5.74) is 4.47. The first kappa shape index (κ1) is 34.8. The lowest BCUT2D eigenvalue weighted by atomic mass is 9.97. The average molecular weight is 677 g/mol. The molecule has 0 spiro atoms. The molecule has 3 saturated heterocycles. The number of rotatable bonds is 9. The maximum absolute atomic E-state index is 14.9. The highest BCUT2D eigenvalue weighted by molar-refractivity contribution is 5.70. The van der Waals surface area contributed by atoms with Gasteiger partial charge in [-0.05, 0) is 82.3 Å². The molecule has 5 atom stereocenters. The van der Waals surface area contributed by atoms with Crippen LogP contribution >= 0.6 is 0 Å². The molecule has 1 N–H and O–H groups in total. The van der Waals surface area contributed by atoms with Crippen LogP contribution in [0.4, 0.5) is 14.0 Å². The first-order valence-corrected chi connectivity index (χ1v) is 16.7. The Morgan fingerprint density at radius 1 is 1.04 bits per heavy atom. The van der Waals surface area contributed by atoms with E-state index in [1.54, 1.807) is 40.5 Å². The topological polar surface area (TPSA) is 112 Å². The third kappa shape index (κ3) is 8.38. The van der Waals surface area contributed by atoms with Crippen LogP contribution in [0.25, 0.3) is 11.1 Å². The summed E-state index contributed by atoms with van der Waals surface area (Å²) in [6.45, 7) is 10.0. The lowest BCUT2D eigenvalue weighted by molar-refractivity contribution is -0.0909. The molecule has 1 aromatic heterocycles. The number of benzene rings is 2. The zero-order valence-electron chi connectivity index (χ0n) is 28.6. The summed E-state index contributed by atoms with van der Waals surface area (Å²) in [5.74, 6) is -0.451. The van der Waals surface area contributed by atoms with Gasteiger partial charge in [-0.3, -0.25) is 15.3 Å². The van der Waals surface area contributed by atoms with Gasteiger partial charge in [-0.1, -0.05) is 42.5 Å². The van der Waals surface area contributed by atoms with Crippen molar-refractivity contribution in [1.29, 1.82) is 0 Å². The van der Waals surface area contributed by atoms with Gasteiger partial charge in [0.15, 0.2) is 6.29 Å². The van der Waals surface area contributed by atoms with Gasteiger partial charge in [0.2, 0.25) is 0 Å². The quantitative estimate of drug-likeness (QED) is 0.270. The normalized spacial score (nSPS) is 24.6. The molecular weight excluding hydrogens is 631 g/mol. The average Bonchev–Trinajstić information content (AvgIpc) is 3.72. The van der Waals surface area contributed by atoms with Crippen LogP contribution in [0.1, 0.15) is 52.2 Å². The highest BCUT2D eigenvalue weighted by atomic mass is 19.1. The minimum atomic E-state index is -1.06. The van der Waals surface area contributed by atoms with Crippen LogP contribution in [-0.2, 0) is 36.6 Å². The Hall–Kier alpha value is -4.10. The third-order valence-electron chi connectivity index (χ3n) is 9.00. The largest absolute Gasteiger partial charge is 0.444 e. The predicted molar refractivity (Wildman–Crippen MR) is 178 cm³/mol. The second-order valence-corrected chi connectivity index (χ2v) is 14.2. The molecule has 2 amide bonds. The highest BCUT2D eigenvalue weighted by Gasteiger charge is 2.52. The monoisotopic (exact) mass is 676 g/mol. The summed E-state index contributed by atoms with van der Waals surface area (Å²) < 4.78 is 44.4. The Balaban J connectivity index is 1.26. The zero-order valence-corrected chi connectivity index (χ0v) is 28.6. The van der Waals surface area contributed by atoms with Crippen molar-refractivity contribution < 1.29 is 37.7 Å². The van der Waals surface area contributed by atoms with E-state index in [1.807, 2.05) is 71.0 Å². The van der Waals surface area contributed by atoms with Crippen molar-refractivity contribution >= 4 is 12.2 Å². The maximum atomic E-state index is 14.9. The van der Waals surface area contributed by atoms with Crippen LogP contribution in [0.3, 0.4) is 0 Å². The Morgan fingerprint density at radius 3 is 2.47 bits per heavy atom. The van der Waals surface area contributed by atoms with E-state index in [4.69, 9.17) is 23.7 Å². The maximum Gasteiger partial charge on any atom is 0.422 e. The standard InChI is InChI=1S/C37H45FN4O7/c1-36(2,3)49-35(44)42-30(20-24-10-12-25(13-11-24)26-14-17-39-18-15-26)31(48-37(42,4)5)22-41(21-27-8-6-7-9-29(27)38)40-34(43)47-32-23-46-33-28(32)16-19-45-33/h6-15,17-18,28,30-33H,16,19-23H2,1-5H3,(H,40,43)/t28-,30-,31-,32-,33+/m0/s1. The van der Waals surface area contributed by atoms with Gasteiger partial charge in [-0.2, -0.15) is 0 Å². The number of nitrogens with one attached hydrogen (secondary N) is 1. The van der Waals surface area contributed by atoms with Crippen molar-refractivity contribution in [2.45, 2.75) is 89.9 Å². The third-order valence-corrected chi connectivity index (χ3v) is 9.00. The van der Waals surface area contributed by atoms with E-state index < -0.39 is 47.6 Å². The summed E-state index contributed by atoms with van der Waals surface area (Å²) in [7, 11) is 0. The molecular formula is C37H45FN4O7. The molecule has 4 heterocycles. The van der Waals surface area contributed by atoms with E-state index in [9.17, 15) is 14.0 Å². The molecule has 0 radical (unpaired) electrons. The molecule has 3 aromatic rings. The molecule has 3 aliphatic heterocycles. The lowest BCUT2D eigenvalue weighted by Crippen LogP contribution is -2.53. The van der Waals surface area contributed by atoms with E-state index >= 15 is 0 Å². The van der Waals surface area contributed by atoms with Crippen molar-refractivity contribution in [3.05, 3.63) is 90.0 Å². The van der Waals surface area contributed by atoms with Crippen molar-refractivity contribution in [2.24, 2.45) is 5.92 Å². The van der Waals surface area contributed by atoms with Crippen molar-refractivity contribution in [1.82, 2.24) is 20.3 Å².